The molecule has 0 aromatic carbocycles. The highest BCUT2D eigenvalue weighted by Gasteiger charge is 2.33. The summed E-state index contributed by atoms with van der Waals surface area (Å²) in [5.41, 5.74) is 0. The summed E-state index contributed by atoms with van der Waals surface area (Å²) in [4.78, 5) is 29.6. The molecule has 1 fully saturated rings. The maximum atomic E-state index is 11.6. The number of carbonyl (C=O) groups excluding carboxylic acids is 1. The number of carbonyl (C=O) groups is 2. The number of aromatic nitrogens is 2. The summed E-state index contributed by atoms with van der Waals surface area (Å²) in [6, 6.07) is -0.578. The van der Waals surface area contributed by atoms with Crippen LogP contribution in [0.2, 0.25) is 0 Å². The molecular formula is C12H18N4O3. The molecule has 0 saturated heterocycles. The van der Waals surface area contributed by atoms with Crippen molar-refractivity contribution in [2.75, 3.05) is 6.54 Å². The van der Waals surface area contributed by atoms with Gasteiger partial charge in [0, 0.05) is 31.4 Å². The quantitative estimate of drug-likeness (QED) is 0.622. The van der Waals surface area contributed by atoms with E-state index in [1.807, 2.05) is 0 Å². The van der Waals surface area contributed by atoms with Crippen molar-refractivity contribution in [1.82, 2.24) is 20.6 Å². The molecule has 0 bridgehead atoms. The van der Waals surface area contributed by atoms with E-state index < -0.39 is 11.9 Å². The van der Waals surface area contributed by atoms with Crippen molar-refractivity contribution in [2.45, 2.75) is 31.7 Å². The van der Waals surface area contributed by atoms with Gasteiger partial charge in [0.25, 0.3) is 0 Å². The maximum absolute atomic E-state index is 11.6. The van der Waals surface area contributed by atoms with Crippen LogP contribution in [-0.4, -0.2) is 39.7 Å². The molecule has 19 heavy (non-hydrogen) atoms. The van der Waals surface area contributed by atoms with Crippen molar-refractivity contribution in [3.05, 3.63) is 18.2 Å². The number of hydrogen-bond donors (Lipinski definition) is 4. The summed E-state index contributed by atoms with van der Waals surface area (Å²) >= 11 is 0. The molecule has 7 heteroatoms. The van der Waals surface area contributed by atoms with Crippen molar-refractivity contribution < 1.29 is 14.7 Å². The van der Waals surface area contributed by atoms with Crippen LogP contribution in [0.15, 0.2) is 12.4 Å². The van der Waals surface area contributed by atoms with E-state index >= 15 is 0 Å². The first kappa shape index (κ1) is 13.4. The molecule has 2 unspecified atom stereocenters. The third-order valence-corrected chi connectivity index (χ3v) is 3.35. The normalized spacial score (nSPS) is 22.1. The lowest BCUT2D eigenvalue weighted by atomic mass is 10.0. The molecule has 7 nitrogen and oxygen atoms in total. The molecule has 1 aliphatic carbocycles. The number of urea groups is 1. The fraction of sp³-hybridized carbons (Fsp3) is 0.583. The molecule has 1 aromatic rings. The van der Waals surface area contributed by atoms with Gasteiger partial charge in [-0.2, -0.15) is 0 Å². The Morgan fingerprint density at radius 3 is 3.00 bits per heavy atom. The van der Waals surface area contributed by atoms with Gasteiger partial charge in [-0.3, -0.25) is 4.79 Å². The van der Waals surface area contributed by atoms with Gasteiger partial charge in [0.05, 0.1) is 5.92 Å². The number of H-pyrrole nitrogens is 1. The number of carboxylic acids is 1. The van der Waals surface area contributed by atoms with Gasteiger partial charge >= 0.3 is 12.0 Å². The number of rotatable bonds is 5. The Hall–Kier alpha value is -2.05. The number of amides is 2. The molecular weight excluding hydrogens is 248 g/mol. The summed E-state index contributed by atoms with van der Waals surface area (Å²) in [5.74, 6) is -0.487. The second-order valence-electron chi connectivity index (χ2n) is 4.67. The minimum absolute atomic E-state index is 0.263. The van der Waals surface area contributed by atoms with Gasteiger partial charge in [0.2, 0.25) is 0 Å². The minimum atomic E-state index is -0.835. The van der Waals surface area contributed by atoms with Crippen LogP contribution in [0.25, 0.3) is 0 Å². The van der Waals surface area contributed by atoms with Gasteiger partial charge in [-0.15, -0.1) is 0 Å². The van der Waals surface area contributed by atoms with Crippen LogP contribution >= 0.6 is 0 Å². The summed E-state index contributed by atoms with van der Waals surface area (Å²) in [6.45, 7) is 0.462. The molecule has 1 aliphatic rings. The first-order valence-electron chi connectivity index (χ1n) is 6.42. The van der Waals surface area contributed by atoms with Crippen LogP contribution in [-0.2, 0) is 11.2 Å². The van der Waals surface area contributed by atoms with E-state index in [0.717, 1.165) is 18.7 Å². The molecule has 2 rings (SSSR count). The van der Waals surface area contributed by atoms with E-state index in [1.54, 1.807) is 12.4 Å². The highest BCUT2D eigenvalue weighted by Crippen LogP contribution is 2.25. The lowest BCUT2D eigenvalue weighted by Gasteiger charge is -2.17. The van der Waals surface area contributed by atoms with E-state index in [-0.39, 0.29) is 12.1 Å². The van der Waals surface area contributed by atoms with E-state index in [4.69, 9.17) is 5.11 Å². The monoisotopic (exact) mass is 266 g/mol. The van der Waals surface area contributed by atoms with Crippen LogP contribution in [0.4, 0.5) is 4.79 Å². The Morgan fingerprint density at radius 1 is 1.47 bits per heavy atom. The zero-order chi connectivity index (χ0) is 13.7. The summed E-state index contributed by atoms with van der Waals surface area (Å²) in [6.07, 6.45) is 6.20. The van der Waals surface area contributed by atoms with Crippen LogP contribution in [0.5, 0.6) is 0 Å². The first-order chi connectivity index (χ1) is 9.16. The molecule has 2 amide bonds. The second-order valence-corrected chi connectivity index (χ2v) is 4.67. The Labute approximate surface area is 110 Å². The third kappa shape index (κ3) is 3.70. The molecule has 104 valence electrons. The van der Waals surface area contributed by atoms with Crippen LogP contribution < -0.4 is 10.6 Å². The number of aliphatic carboxylic acids is 1. The van der Waals surface area contributed by atoms with Crippen molar-refractivity contribution in [1.29, 1.82) is 0 Å². The van der Waals surface area contributed by atoms with Crippen molar-refractivity contribution >= 4 is 12.0 Å². The van der Waals surface area contributed by atoms with Crippen molar-refractivity contribution in [3.8, 4) is 0 Å². The summed E-state index contributed by atoms with van der Waals surface area (Å²) < 4.78 is 0. The number of aromatic amines is 1. The Morgan fingerprint density at radius 2 is 2.32 bits per heavy atom. The molecule has 4 N–H and O–H groups in total. The van der Waals surface area contributed by atoms with Gasteiger partial charge in [0.15, 0.2) is 0 Å². The van der Waals surface area contributed by atoms with E-state index in [0.29, 0.717) is 19.4 Å². The molecule has 1 aromatic heterocycles. The summed E-state index contributed by atoms with van der Waals surface area (Å²) in [5, 5.41) is 14.4. The maximum Gasteiger partial charge on any atom is 0.315 e. The number of nitrogens with one attached hydrogen (secondary N) is 3. The topological polar surface area (TPSA) is 107 Å². The smallest absolute Gasteiger partial charge is 0.315 e. The predicted octanol–water partition coefficient (Wildman–Crippen LogP) is 0.505. The average molecular weight is 266 g/mol. The fourth-order valence-electron chi connectivity index (χ4n) is 2.38. The molecule has 1 heterocycles. The van der Waals surface area contributed by atoms with Gasteiger partial charge in [-0.1, -0.05) is 6.42 Å². The van der Waals surface area contributed by atoms with Crippen molar-refractivity contribution in [3.63, 3.8) is 0 Å². The highest BCUT2D eigenvalue weighted by molar-refractivity contribution is 5.77. The van der Waals surface area contributed by atoms with E-state index in [9.17, 15) is 9.59 Å². The van der Waals surface area contributed by atoms with Gasteiger partial charge < -0.3 is 20.7 Å². The SMILES string of the molecule is O=C(NCCc1ncc[nH]1)NC1CCCC1C(=O)O. The molecule has 0 spiro atoms. The van der Waals surface area contributed by atoms with E-state index in [2.05, 4.69) is 20.6 Å². The van der Waals surface area contributed by atoms with Crippen LogP contribution in [0.3, 0.4) is 0 Å². The molecule has 0 radical (unpaired) electrons. The lowest BCUT2D eigenvalue weighted by Crippen LogP contribution is -2.45. The van der Waals surface area contributed by atoms with Crippen LogP contribution in [0, 0.1) is 5.92 Å². The average Bonchev–Trinajstić information content (AvgIpc) is 2.99. The van der Waals surface area contributed by atoms with Gasteiger partial charge in [-0.05, 0) is 12.8 Å². The third-order valence-electron chi connectivity index (χ3n) is 3.35. The van der Waals surface area contributed by atoms with Crippen LogP contribution in [0.1, 0.15) is 25.1 Å². The highest BCUT2D eigenvalue weighted by atomic mass is 16.4. The van der Waals surface area contributed by atoms with Crippen molar-refractivity contribution in [2.24, 2.45) is 5.92 Å². The standard InChI is InChI=1S/C12H18N4O3/c17-11(18)8-2-1-3-9(8)16-12(19)15-5-4-10-13-6-7-14-10/h6-9H,1-5H2,(H,13,14)(H,17,18)(H2,15,16,19). The fourth-order valence-corrected chi connectivity index (χ4v) is 2.38. The number of carboxylic acid groups (broad SMARTS) is 1. The lowest BCUT2D eigenvalue weighted by molar-refractivity contribution is -0.142. The molecule has 0 aliphatic heterocycles. The summed E-state index contributed by atoms with van der Waals surface area (Å²) in [7, 11) is 0. The zero-order valence-corrected chi connectivity index (χ0v) is 10.6. The number of imidazole rings is 1. The Balaban J connectivity index is 1.70. The zero-order valence-electron chi connectivity index (χ0n) is 10.6. The Kier molecular flexibility index (Phi) is 4.38. The minimum Gasteiger partial charge on any atom is -0.481 e. The predicted molar refractivity (Wildman–Crippen MR) is 67.6 cm³/mol. The number of nitrogens with zero attached hydrogens (tertiary/aromatic N) is 1. The van der Waals surface area contributed by atoms with Gasteiger partial charge in [-0.25, -0.2) is 9.78 Å². The molecule has 1 saturated carbocycles. The number of hydrogen-bond acceptors (Lipinski definition) is 3. The largest absolute Gasteiger partial charge is 0.481 e. The molecule has 2 atom stereocenters. The van der Waals surface area contributed by atoms with E-state index in [1.165, 1.54) is 0 Å². The Bertz CT molecular complexity index is 432. The first-order valence-corrected chi connectivity index (χ1v) is 6.42. The second kappa shape index (κ2) is 6.21. The van der Waals surface area contributed by atoms with Gasteiger partial charge in [0.1, 0.15) is 5.82 Å².